The molecule has 314 valence electrons. The van der Waals surface area contributed by atoms with Gasteiger partial charge in [0.25, 0.3) is 5.91 Å². The van der Waals surface area contributed by atoms with Crippen molar-refractivity contribution >= 4 is 56.2 Å². The van der Waals surface area contributed by atoms with Gasteiger partial charge in [0, 0.05) is 40.2 Å². The van der Waals surface area contributed by atoms with Gasteiger partial charge in [0.15, 0.2) is 0 Å². The molecule has 2 aliphatic heterocycles. The molecule has 3 heterocycles. The van der Waals surface area contributed by atoms with Gasteiger partial charge in [-0.2, -0.15) is 4.98 Å². The Morgan fingerprint density at radius 1 is 1.09 bits per heavy atom. The summed E-state index contributed by atoms with van der Waals surface area (Å²) in [6, 6.07) is 4.51. The summed E-state index contributed by atoms with van der Waals surface area (Å²) in [5.41, 5.74) is -1.54. The second-order valence-corrected chi connectivity index (χ2v) is 20.1. The van der Waals surface area contributed by atoms with Crippen LogP contribution >= 0.6 is 11.6 Å². The maximum Gasteiger partial charge on any atom is 0.408 e. The molecule has 58 heavy (non-hydrogen) atoms. The van der Waals surface area contributed by atoms with Gasteiger partial charge in [-0.1, -0.05) is 50.6 Å². The first kappa shape index (κ1) is 40.7. The van der Waals surface area contributed by atoms with Crippen LogP contribution in [0.2, 0.25) is 5.02 Å². The molecule has 0 unspecified atom stereocenters. The van der Waals surface area contributed by atoms with Crippen molar-refractivity contribution < 1.29 is 42.2 Å². The van der Waals surface area contributed by atoms with Crippen LogP contribution in [-0.2, 0) is 24.4 Å². The van der Waals surface area contributed by atoms with Crippen molar-refractivity contribution in [3.05, 3.63) is 41.4 Å². The van der Waals surface area contributed by atoms with E-state index in [9.17, 15) is 27.9 Å². The van der Waals surface area contributed by atoms with Crippen LogP contribution in [0.5, 0.6) is 11.8 Å². The summed E-state index contributed by atoms with van der Waals surface area (Å²) in [6.45, 7) is 6.33. The smallest absolute Gasteiger partial charge is 0.408 e. The summed E-state index contributed by atoms with van der Waals surface area (Å²) in [7, 11) is -3.93. The highest BCUT2D eigenvalue weighted by atomic mass is 35.5. The van der Waals surface area contributed by atoms with Gasteiger partial charge < -0.3 is 24.8 Å². The standard InChI is InChI=1S/C42H54ClN5O9S/c1-4-14-56-35-20-32-31(10-7-11-33(32)43)38(44-35)57-29-19-34-37(49)45-42(40(51)46-58(54,55)30-12-13-30)21-27(42)9-6-5-8-23(2)15-24(3)36(39(50)47(34)22-29)48(41(52)53)28-17-25-16-26(25)18-28/h6-7,9-11,20,23-30,34,36H,4-5,8,12-19,21-22H2,1-3H3,(H,45,49)(H,46,51)(H,52,53)/t23-,24-,25+,26+,27-,29-,34+,36+,42-/m1/s1. The Morgan fingerprint density at radius 2 is 1.84 bits per heavy atom. The van der Waals surface area contributed by atoms with Crippen LogP contribution in [0.25, 0.3) is 10.8 Å². The fourth-order valence-corrected chi connectivity index (χ4v) is 11.4. The maximum absolute atomic E-state index is 15.3. The van der Waals surface area contributed by atoms with Crippen molar-refractivity contribution in [2.24, 2.45) is 29.6 Å². The van der Waals surface area contributed by atoms with Gasteiger partial charge in [-0.3, -0.25) is 24.0 Å². The highest BCUT2D eigenvalue weighted by Crippen LogP contribution is 2.54. The first-order valence-corrected chi connectivity index (χ1v) is 22.9. The Kier molecular flexibility index (Phi) is 11.1. The molecule has 4 amide bonds. The quantitative estimate of drug-likeness (QED) is 0.252. The van der Waals surface area contributed by atoms with E-state index in [0.29, 0.717) is 78.6 Å². The third kappa shape index (κ3) is 8.09. The summed E-state index contributed by atoms with van der Waals surface area (Å²) in [5.74, 6) is -1.24. The number of carboxylic acid groups (broad SMARTS) is 1. The number of sulfonamides is 1. The first-order valence-electron chi connectivity index (χ1n) is 20.9. The number of aromatic nitrogens is 1. The van der Waals surface area contributed by atoms with Gasteiger partial charge in [-0.25, -0.2) is 13.2 Å². The Morgan fingerprint density at radius 3 is 2.55 bits per heavy atom. The van der Waals surface area contributed by atoms with Gasteiger partial charge in [0.2, 0.25) is 33.6 Å². The van der Waals surface area contributed by atoms with E-state index in [-0.39, 0.29) is 43.1 Å². The molecule has 5 fully saturated rings. The molecule has 0 radical (unpaired) electrons. The monoisotopic (exact) mass is 839 g/mol. The lowest BCUT2D eigenvalue weighted by Gasteiger charge is -2.40. The lowest BCUT2D eigenvalue weighted by molar-refractivity contribution is -0.145. The van der Waals surface area contributed by atoms with E-state index in [1.54, 1.807) is 18.2 Å². The number of hydrogen-bond acceptors (Lipinski definition) is 9. The molecule has 9 atom stereocenters. The number of nitrogens with one attached hydrogen (secondary N) is 2. The molecule has 6 aliphatic rings. The molecule has 0 bridgehead atoms. The van der Waals surface area contributed by atoms with Crippen LogP contribution in [0.15, 0.2) is 36.4 Å². The van der Waals surface area contributed by atoms with Crippen LogP contribution in [0.1, 0.15) is 91.4 Å². The number of allylic oxidation sites excluding steroid dienone is 1. The highest BCUT2D eigenvalue weighted by Gasteiger charge is 2.62. The number of halogens is 1. The van der Waals surface area contributed by atoms with Gasteiger partial charge in [0.05, 0.1) is 18.4 Å². The predicted octanol–water partition coefficient (Wildman–Crippen LogP) is 5.67. The third-order valence-corrected chi connectivity index (χ3v) is 15.3. The zero-order valence-electron chi connectivity index (χ0n) is 33.3. The second kappa shape index (κ2) is 15.8. The van der Waals surface area contributed by atoms with Crippen molar-refractivity contribution in [2.45, 2.75) is 126 Å². The average Bonchev–Trinajstić information content (AvgIpc) is 4.14. The minimum Gasteiger partial charge on any atom is -0.478 e. The van der Waals surface area contributed by atoms with E-state index < -0.39 is 68.7 Å². The number of rotatable bonds is 10. The molecule has 0 spiro atoms. The Bertz CT molecular complexity index is 2100. The van der Waals surface area contributed by atoms with Gasteiger partial charge in [-0.05, 0) is 100 Å². The minimum absolute atomic E-state index is 0.00190. The number of nitrogens with zero attached hydrogens (tertiary/aromatic N) is 3. The maximum atomic E-state index is 15.3. The third-order valence-electron chi connectivity index (χ3n) is 13.2. The fraction of sp³-hybridized carbons (Fsp3) is 0.643. The minimum atomic E-state index is -3.93. The Labute approximate surface area is 344 Å². The van der Waals surface area contributed by atoms with E-state index in [0.717, 1.165) is 19.3 Å². The lowest BCUT2D eigenvalue weighted by Crippen LogP contribution is -2.61. The Hall–Kier alpha value is -4.11. The summed E-state index contributed by atoms with van der Waals surface area (Å²) < 4.78 is 40.7. The highest BCUT2D eigenvalue weighted by molar-refractivity contribution is 7.91. The van der Waals surface area contributed by atoms with Crippen molar-refractivity contribution in [1.82, 2.24) is 24.8 Å². The van der Waals surface area contributed by atoms with E-state index in [1.807, 2.05) is 32.1 Å². The molecule has 1 aromatic carbocycles. The predicted molar refractivity (Wildman–Crippen MR) is 216 cm³/mol. The van der Waals surface area contributed by atoms with E-state index in [1.165, 1.54) is 9.80 Å². The first-order chi connectivity index (χ1) is 27.7. The average molecular weight is 840 g/mol. The summed E-state index contributed by atoms with van der Waals surface area (Å²) >= 11 is 6.62. The summed E-state index contributed by atoms with van der Waals surface area (Å²) in [5, 5.41) is 14.8. The lowest BCUT2D eigenvalue weighted by atomic mass is 9.86. The van der Waals surface area contributed by atoms with Gasteiger partial charge in [0.1, 0.15) is 23.7 Å². The van der Waals surface area contributed by atoms with E-state index in [2.05, 4.69) is 21.9 Å². The van der Waals surface area contributed by atoms with Crippen molar-refractivity contribution in [3.63, 3.8) is 0 Å². The van der Waals surface area contributed by atoms with Crippen molar-refractivity contribution in [3.8, 4) is 11.8 Å². The van der Waals surface area contributed by atoms with Crippen LogP contribution in [0.3, 0.4) is 0 Å². The van der Waals surface area contributed by atoms with E-state index in [4.69, 9.17) is 21.1 Å². The number of amides is 4. The SMILES string of the molecule is CCCOc1cc2c(Cl)cccc2c(O[C@@H]2C[C@H]3C(=O)N[C@]4(C(=O)NS(=O)(=O)C5CC5)C[C@H]4C=CCC[C@@H](C)C[C@@H](C)[C@H](N(C(=O)O)C4C[C@@H]5C[C@H]5C4)C(=O)N3C2)n1. The van der Waals surface area contributed by atoms with Crippen LogP contribution in [0.4, 0.5) is 4.79 Å². The van der Waals surface area contributed by atoms with Crippen molar-refractivity contribution in [2.75, 3.05) is 13.2 Å². The zero-order chi connectivity index (χ0) is 41.1. The molecule has 16 heteroatoms. The summed E-state index contributed by atoms with van der Waals surface area (Å²) in [4.78, 5) is 64.6. The molecular weight excluding hydrogens is 786 g/mol. The van der Waals surface area contributed by atoms with Gasteiger partial charge >= 0.3 is 6.09 Å². The molecule has 2 aromatic rings. The van der Waals surface area contributed by atoms with Gasteiger partial charge in [-0.15, -0.1) is 0 Å². The van der Waals surface area contributed by atoms with E-state index >= 15 is 4.79 Å². The molecule has 14 nitrogen and oxygen atoms in total. The number of pyridine rings is 1. The number of ether oxygens (including phenoxy) is 2. The number of hydrogen-bond donors (Lipinski definition) is 3. The number of carbonyl (C=O) groups excluding carboxylic acids is 3. The molecule has 4 saturated carbocycles. The van der Waals surface area contributed by atoms with Crippen LogP contribution in [-0.4, -0.2) is 100 Å². The molecule has 1 saturated heterocycles. The topological polar surface area (TPSA) is 185 Å². The largest absolute Gasteiger partial charge is 0.478 e. The molecule has 3 N–H and O–H groups in total. The number of fused-ring (bicyclic) bond motifs is 4. The molecule has 4 aliphatic carbocycles. The van der Waals surface area contributed by atoms with Crippen LogP contribution in [0, 0.1) is 29.6 Å². The number of carbonyl (C=O) groups is 4. The second-order valence-electron chi connectivity index (χ2n) is 17.7. The normalized spacial score (nSPS) is 32.6. The molecule has 1 aromatic heterocycles. The molecular formula is C42H54ClN5O9S. The fourth-order valence-electron chi connectivity index (χ4n) is 9.80. The van der Waals surface area contributed by atoms with Crippen molar-refractivity contribution in [1.29, 1.82) is 0 Å². The Balaban J connectivity index is 1.16. The summed E-state index contributed by atoms with van der Waals surface area (Å²) in [6.07, 6.45) is 8.21. The van der Waals surface area contributed by atoms with Crippen LogP contribution < -0.4 is 19.5 Å². The zero-order valence-corrected chi connectivity index (χ0v) is 34.8. The molecule has 8 rings (SSSR count). The number of benzene rings is 1.